The minimum absolute atomic E-state index is 0.304. The van der Waals surface area contributed by atoms with E-state index in [0.29, 0.717) is 5.69 Å². The van der Waals surface area contributed by atoms with Crippen LogP contribution in [0.25, 0.3) is 0 Å². The number of benzene rings is 1. The van der Waals surface area contributed by atoms with E-state index in [1.54, 1.807) is 24.3 Å². The van der Waals surface area contributed by atoms with Gasteiger partial charge in [-0.25, -0.2) is 8.42 Å². The highest BCUT2D eigenvalue weighted by Gasteiger charge is 2.18. The lowest BCUT2D eigenvalue weighted by molar-refractivity contribution is -0.116. The zero-order valence-corrected chi connectivity index (χ0v) is 8.99. The highest BCUT2D eigenvalue weighted by molar-refractivity contribution is 7.92. The van der Waals surface area contributed by atoms with Gasteiger partial charge in [-0.3, -0.25) is 9.10 Å². The number of carbonyl (C=O) groups is 1. The standard InChI is InChI=1S/C9H11N2O3S/c1-15(13,14)11(7-9(10)12)8-5-3-2-4-6-8/h2-5H,7H2,1H3,(H2,10,12). The van der Waals surface area contributed by atoms with Gasteiger partial charge in [0.2, 0.25) is 15.9 Å². The Morgan fingerprint density at radius 2 is 2.20 bits per heavy atom. The number of nitrogens with zero attached hydrogens (tertiary/aromatic N) is 1. The molecule has 15 heavy (non-hydrogen) atoms. The van der Waals surface area contributed by atoms with Crippen LogP contribution in [-0.4, -0.2) is 27.1 Å². The third-order valence-electron chi connectivity index (χ3n) is 1.66. The molecule has 1 aromatic carbocycles. The van der Waals surface area contributed by atoms with E-state index in [4.69, 9.17) is 5.73 Å². The lowest BCUT2D eigenvalue weighted by Gasteiger charge is -2.19. The number of amides is 1. The average molecular weight is 227 g/mol. The lowest BCUT2D eigenvalue weighted by Crippen LogP contribution is -2.37. The van der Waals surface area contributed by atoms with Gasteiger partial charge in [0.1, 0.15) is 6.54 Å². The number of rotatable bonds is 4. The zero-order valence-electron chi connectivity index (χ0n) is 8.17. The molecule has 0 aliphatic rings. The minimum Gasteiger partial charge on any atom is -0.368 e. The van der Waals surface area contributed by atoms with Crippen molar-refractivity contribution in [2.75, 3.05) is 17.1 Å². The fourth-order valence-electron chi connectivity index (χ4n) is 1.06. The number of sulfonamides is 1. The van der Waals surface area contributed by atoms with Crippen molar-refractivity contribution < 1.29 is 13.2 Å². The molecule has 1 radical (unpaired) electrons. The molecule has 0 fully saturated rings. The molecule has 0 aromatic heterocycles. The van der Waals surface area contributed by atoms with Gasteiger partial charge >= 0.3 is 0 Å². The molecular weight excluding hydrogens is 216 g/mol. The molecule has 81 valence electrons. The van der Waals surface area contributed by atoms with E-state index in [1.807, 2.05) is 0 Å². The van der Waals surface area contributed by atoms with Gasteiger partial charge in [-0.1, -0.05) is 18.2 Å². The van der Waals surface area contributed by atoms with E-state index in [1.165, 1.54) is 0 Å². The number of para-hydroxylation sites is 1. The fraction of sp³-hybridized carbons (Fsp3) is 0.222. The zero-order chi connectivity index (χ0) is 11.5. The normalized spacial score (nSPS) is 11.0. The third-order valence-corrected chi connectivity index (χ3v) is 2.79. The van der Waals surface area contributed by atoms with Crippen LogP contribution in [-0.2, 0) is 14.8 Å². The molecule has 0 heterocycles. The summed E-state index contributed by atoms with van der Waals surface area (Å²) in [5.41, 5.74) is 5.27. The fourth-order valence-corrected chi connectivity index (χ4v) is 1.89. The van der Waals surface area contributed by atoms with Gasteiger partial charge in [-0.05, 0) is 6.07 Å². The van der Waals surface area contributed by atoms with Gasteiger partial charge in [0.05, 0.1) is 11.9 Å². The summed E-state index contributed by atoms with van der Waals surface area (Å²) in [6, 6.07) is 9.19. The van der Waals surface area contributed by atoms with Crippen LogP contribution in [0.1, 0.15) is 0 Å². The molecule has 0 spiro atoms. The van der Waals surface area contributed by atoms with E-state index >= 15 is 0 Å². The number of nitrogens with two attached hydrogens (primary N) is 1. The molecule has 1 amide bonds. The Morgan fingerprint density at radius 1 is 1.53 bits per heavy atom. The molecular formula is C9H11N2O3S. The van der Waals surface area contributed by atoms with Crippen LogP contribution in [0.5, 0.6) is 0 Å². The van der Waals surface area contributed by atoms with Crippen molar-refractivity contribution in [2.45, 2.75) is 0 Å². The van der Waals surface area contributed by atoms with Crippen LogP contribution in [0, 0.1) is 6.07 Å². The molecule has 0 aliphatic heterocycles. The predicted octanol–water partition coefficient (Wildman–Crippen LogP) is -0.262. The average Bonchev–Trinajstić information content (AvgIpc) is 2.14. The predicted molar refractivity (Wildman–Crippen MR) is 56.7 cm³/mol. The molecule has 0 unspecified atom stereocenters. The summed E-state index contributed by atoms with van der Waals surface area (Å²) in [5.74, 6) is -0.710. The van der Waals surface area contributed by atoms with Crippen LogP contribution in [0.15, 0.2) is 24.3 Å². The number of carbonyl (C=O) groups excluding carboxylic acids is 1. The van der Waals surface area contributed by atoms with Gasteiger partial charge in [0, 0.05) is 6.07 Å². The molecule has 0 saturated carbocycles. The quantitative estimate of drug-likeness (QED) is 0.769. The SMILES string of the molecule is CS(=O)(=O)N(CC(N)=O)c1[c]cccc1. The van der Waals surface area contributed by atoms with Crippen LogP contribution in [0.3, 0.4) is 0 Å². The molecule has 0 saturated heterocycles. The monoisotopic (exact) mass is 227 g/mol. The minimum atomic E-state index is -3.51. The highest BCUT2D eigenvalue weighted by atomic mass is 32.2. The van der Waals surface area contributed by atoms with E-state index < -0.39 is 15.9 Å². The molecule has 6 heteroatoms. The first kappa shape index (κ1) is 11.5. The van der Waals surface area contributed by atoms with Crippen LogP contribution >= 0.6 is 0 Å². The van der Waals surface area contributed by atoms with E-state index in [-0.39, 0.29) is 6.54 Å². The molecule has 5 nitrogen and oxygen atoms in total. The van der Waals surface area contributed by atoms with Gasteiger partial charge in [0.25, 0.3) is 0 Å². The first-order valence-corrected chi connectivity index (χ1v) is 5.99. The van der Waals surface area contributed by atoms with Gasteiger partial charge in [-0.2, -0.15) is 0 Å². The van der Waals surface area contributed by atoms with Crippen molar-refractivity contribution in [3.8, 4) is 0 Å². The molecule has 0 bridgehead atoms. The maximum absolute atomic E-state index is 11.4. The summed E-state index contributed by atoms with van der Waals surface area (Å²) in [5, 5.41) is 0. The van der Waals surface area contributed by atoms with Crippen molar-refractivity contribution in [3.63, 3.8) is 0 Å². The second-order valence-corrected chi connectivity index (χ2v) is 4.89. The van der Waals surface area contributed by atoms with Gasteiger partial charge in [0.15, 0.2) is 0 Å². The number of primary amides is 1. The Labute approximate surface area is 88.5 Å². The first-order chi connectivity index (χ1) is 6.91. The van der Waals surface area contributed by atoms with Crippen molar-refractivity contribution >= 4 is 21.6 Å². The number of hydrogen-bond donors (Lipinski definition) is 1. The number of anilines is 1. The molecule has 0 atom stereocenters. The van der Waals surface area contributed by atoms with Crippen molar-refractivity contribution in [1.82, 2.24) is 0 Å². The van der Waals surface area contributed by atoms with Crippen molar-refractivity contribution in [3.05, 3.63) is 30.3 Å². The number of hydrogen-bond acceptors (Lipinski definition) is 3. The van der Waals surface area contributed by atoms with Gasteiger partial charge < -0.3 is 5.73 Å². The topological polar surface area (TPSA) is 80.5 Å². The van der Waals surface area contributed by atoms with Crippen LogP contribution < -0.4 is 10.0 Å². The summed E-state index contributed by atoms with van der Waals surface area (Å²) >= 11 is 0. The maximum Gasteiger partial charge on any atom is 0.238 e. The van der Waals surface area contributed by atoms with Crippen LogP contribution in [0.4, 0.5) is 5.69 Å². The largest absolute Gasteiger partial charge is 0.368 e. The second-order valence-electron chi connectivity index (χ2n) is 2.98. The summed E-state index contributed by atoms with van der Waals surface area (Å²) in [4.78, 5) is 10.7. The Morgan fingerprint density at radius 3 is 2.60 bits per heavy atom. The Balaban J connectivity index is 3.08. The summed E-state index contributed by atoms with van der Waals surface area (Å²) < 4.78 is 23.6. The Bertz CT molecular complexity index is 442. The van der Waals surface area contributed by atoms with Gasteiger partial charge in [-0.15, -0.1) is 0 Å². The van der Waals surface area contributed by atoms with Crippen molar-refractivity contribution in [2.24, 2.45) is 5.73 Å². The highest BCUT2D eigenvalue weighted by Crippen LogP contribution is 2.14. The Hall–Kier alpha value is -1.56. The summed E-state index contributed by atoms with van der Waals surface area (Å²) in [6.07, 6.45) is 1.01. The maximum atomic E-state index is 11.4. The third kappa shape index (κ3) is 3.25. The molecule has 2 N–H and O–H groups in total. The molecule has 1 aromatic rings. The second kappa shape index (κ2) is 4.31. The lowest BCUT2D eigenvalue weighted by atomic mass is 10.3. The van der Waals surface area contributed by atoms with E-state index in [0.717, 1.165) is 10.6 Å². The Kier molecular flexibility index (Phi) is 3.31. The van der Waals surface area contributed by atoms with Crippen molar-refractivity contribution in [1.29, 1.82) is 0 Å². The van der Waals surface area contributed by atoms with E-state index in [9.17, 15) is 13.2 Å². The molecule has 1 rings (SSSR count). The summed E-state index contributed by atoms with van der Waals surface area (Å²) in [6.45, 7) is -0.376. The molecule has 0 aliphatic carbocycles. The van der Waals surface area contributed by atoms with E-state index in [2.05, 4.69) is 6.07 Å². The first-order valence-electron chi connectivity index (χ1n) is 4.14. The summed E-state index contributed by atoms with van der Waals surface area (Å²) in [7, 11) is -3.51. The smallest absolute Gasteiger partial charge is 0.238 e. The van der Waals surface area contributed by atoms with Crippen LogP contribution in [0.2, 0.25) is 0 Å².